The molecule has 2 heterocycles. The number of aromatic nitrogens is 1. The lowest BCUT2D eigenvalue weighted by Crippen LogP contribution is -2.29. The number of pyridine rings is 1. The summed E-state index contributed by atoms with van der Waals surface area (Å²) < 4.78 is 5.22. The number of ketones is 1. The van der Waals surface area contributed by atoms with Gasteiger partial charge in [0.15, 0.2) is 0 Å². The molecule has 1 fully saturated rings. The Hall–Kier alpha value is -3.64. The number of hydrogen-bond acceptors (Lipinski definition) is 5. The molecule has 1 N–H and O–H groups in total. The number of benzene rings is 2. The molecule has 2 aromatic carbocycles. The van der Waals surface area contributed by atoms with Crippen molar-refractivity contribution in [3.63, 3.8) is 0 Å². The van der Waals surface area contributed by atoms with Crippen molar-refractivity contribution in [2.24, 2.45) is 0 Å². The van der Waals surface area contributed by atoms with Crippen LogP contribution in [0.5, 0.6) is 5.75 Å². The fourth-order valence-electron chi connectivity index (χ4n) is 3.66. The van der Waals surface area contributed by atoms with Crippen molar-refractivity contribution in [3.05, 3.63) is 100 Å². The highest BCUT2D eigenvalue weighted by atomic mass is 35.5. The summed E-state index contributed by atoms with van der Waals surface area (Å²) in [5, 5.41) is 11.4. The van der Waals surface area contributed by atoms with Crippen molar-refractivity contribution >= 4 is 29.1 Å². The van der Waals surface area contributed by atoms with E-state index in [-0.39, 0.29) is 17.9 Å². The molecule has 156 valence electrons. The average molecular weight is 435 g/mol. The number of nitrogens with zero attached hydrogens (tertiary/aromatic N) is 2. The van der Waals surface area contributed by atoms with Gasteiger partial charge in [-0.3, -0.25) is 14.6 Å². The number of aliphatic hydroxyl groups excluding tert-OH is 1. The molecule has 0 saturated carbocycles. The third kappa shape index (κ3) is 4.02. The normalized spacial score (nSPS) is 17.7. The summed E-state index contributed by atoms with van der Waals surface area (Å²) in [6.45, 7) is 0.168. The maximum atomic E-state index is 13.0. The van der Waals surface area contributed by atoms with Crippen molar-refractivity contribution in [1.29, 1.82) is 0 Å². The molecule has 0 bridgehead atoms. The topological polar surface area (TPSA) is 79.7 Å². The smallest absolute Gasteiger partial charge is 0.295 e. The molecule has 6 nitrogen and oxygen atoms in total. The summed E-state index contributed by atoms with van der Waals surface area (Å²) in [5.74, 6) is -1.06. The van der Waals surface area contributed by atoms with E-state index >= 15 is 0 Å². The van der Waals surface area contributed by atoms with Crippen molar-refractivity contribution in [2.45, 2.75) is 12.6 Å². The van der Waals surface area contributed by atoms with Crippen molar-refractivity contribution in [3.8, 4) is 5.75 Å². The standard InChI is InChI=1S/C24H19ClN2O4/c1-31-19-9-7-16(8-10-19)21-20(22(28)17-5-2-6-18(25)12-17)23(29)24(30)27(21)14-15-4-3-11-26-13-15/h2-13,21,28H,14H2,1H3/b22-20-. The van der Waals surface area contributed by atoms with E-state index in [0.717, 1.165) is 5.56 Å². The van der Waals surface area contributed by atoms with Gasteiger partial charge in [0.1, 0.15) is 11.5 Å². The first-order valence-electron chi connectivity index (χ1n) is 9.57. The molecule has 4 rings (SSSR count). The predicted molar refractivity (Wildman–Crippen MR) is 117 cm³/mol. The van der Waals surface area contributed by atoms with Crippen LogP contribution in [0, 0.1) is 0 Å². The minimum absolute atomic E-state index is 0.0151. The lowest BCUT2D eigenvalue weighted by Gasteiger charge is -2.25. The SMILES string of the molecule is COc1ccc(C2/C(=C(/O)c3cccc(Cl)c3)C(=O)C(=O)N2Cc2cccnc2)cc1. The molecular formula is C24H19ClN2O4. The average Bonchev–Trinajstić information content (AvgIpc) is 3.04. The minimum Gasteiger partial charge on any atom is -0.507 e. The van der Waals surface area contributed by atoms with Crippen molar-refractivity contribution in [2.75, 3.05) is 7.11 Å². The van der Waals surface area contributed by atoms with Gasteiger partial charge >= 0.3 is 0 Å². The van der Waals surface area contributed by atoms with Crippen LogP contribution in [0.25, 0.3) is 5.76 Å². The number of methoxy groups -OCH3 is 1. The van der Waals surface area contributed by atoms with Gasteiger partial charge in [-0.15, -0.1) is 0 Å². The number of halogens is 1. The van der Waals surface area contributed by atoms with Gasteiger partial charge in [0.05, 0.1) is 18.7 Å². The molecule has 1 unspecified atom stereocenters. The molecule has 1 aromatic heterocycles. The van der Waals surface area contributed by atoms with E-state index in [1.54, 1.807) is 74.1 Å². The summed E-state index contributed by atoms with van der Waals surface area (Å²) >= 11 is 6.07. The molecule has 3 aromatic rings. The summed E-state index contributed by atoms with van der Waals surface area (Å²) in [5.41, 5.74) is 1.82. The van der Waals surface area contributed by atoms with Crippen LogP contribution < -0.4 is 4.74 Å². The Morgan fingerprint density at radius 1 is 1.13 bits per heavy atom. The Kier molecular flexibility index (Phi) is 5.73. The van der Waals surface area contributed by atoms with E-state index in [2.05, 4.69) is 4.98 Å². The van der Waals surface area contributed by atoms with E-state index in [1.807, 2.05) is 6.07 Å². The molecule has 0 radical (unpaired) electrons. The molecule has 0 aliphatic carbocycles. The largest absolute Gasteiger partial charge is 0.507 e. The van der Waals surface area contributed by atoms with Crippen LogP contribution in [0.1, 0.15) is 22.7 Å². The molecule has 7 heteroatoms. The summed E-state index contributed by atoms with van der Waals surface area (Å²) in [4.78, 5) is 31.5. The fourth-order valence-corrected chi connectivity index (χ4v) is 3.85. The fraction of sp³-hybridized carbons (Fsp3) is 0.125. The Morgan fingerprint density at radius 3 is 2.55 bits per heavy atom. The van der Waals surface area contributed by atoms with Crippen LogP contribution in [0.4, 0.5) is 0 Å². The minimum atomic E-state index is -0.773. The lowest BCUT2D eigenvalue weighted by atomic mass is 9.95. The number of carbonyl (C=O) groups excluding carboxylic acids is 2. The Bertz CT molecular complexity index is 1160. The van der Waals surface area contributed by atoms with Crippen molar-refractivity contribution < 1.29 is 19.4 Å². The first-order valence-corrected chi connectivity index (χ1v) is 9.94. The van der Waals surface area contributed by atoms with Gasteiger partial charge in [-0.2, -0.15) is 0 Å². The van der Waals surface area contributed by atoms with Gasteiger partial charge in [0, 0.05) is 29.5 Å². The van der Waals surface area contributed by atoms with Crippen LogP contribution in [0.15, 0.2) is 78.6 Å². The van der Waals surface area contributed by atoms with Crippen molar-refractivity contribution in [1.82, 2.24) is 9.88 Å². The molecule has 1 saturated heterocycles. The molecule has 1 amide bonds. The maximum absolute atomic E-state index is 13.0. The molecular weight excluding hydrogens is 416 g/mol. The number of ether oxygens (including phenoxy) is 1. The van der Waals surface area contributed by atoms with Crippen LogP contribution in [-0.2, 0) is 16.1 Å². The number of likely N-dealkylation sites (tertiary alicyclic amines) is 1. The second-order valence-electron chi connectivity index (χ2n) is 7.07. The molecule has 31 heavy (non-hydrogen) atoms. The van der Waals surface area contributed by atoms with Crippen LogP contribution in [0.3, 0.4) is 0 Å². The first-order chi connectivity index (χ1) is 15.0. The third-order valence-corrected chi connectivity index (χ3v) is 5.38. The lowest BCUT2D eigenvalue weighted by molar-refractivity contribution is -0.140. The van der Waals surface area contributed by atoms with Gasteiger partial charge in [0.2, 0.25) is 0 Å². The number of carbonyl (C=O) groups is 2. The number of Topliss-reactive ketones (excluding diaryl/α,β-unsaturated/α-hetero) is 1. The van der Waals surface area contributed by atoms with Gasteiger partial charge in [-0.1, -0.05) is 41.9 Å². The van der Waals surface area contributed by atoms with E-state index in [9.17, 15) is 14.7 Å². The monoisotopic (exact) mass is 434 g/mol. The Labute approximate surface area is 184 Å². The summed E-state index contributed by atoms with van der Waals surface area (Å²) in [7, 11) is 1.56. The number of amides is 1. The second kappa shape index (κ2) is 8.62. The van der Waals surface area contributed by atoms with Gasteiger partial charge in [0.25, 0.3) is 11.7 Å². The van der Waals surface area contributed by atoms with E-state index in [0.29, 0.717) is 21.9 Å². The molecule has 1 atom stereocenters. The van der Waals surface area contributed by atoms with Gasteiger partial charge in [-0.05, 0) is 41.5 Å². The van der Waals surface area contributed by atoms with E-state index < -0.39 is 17.7 Å². The van der Waals surface area contributed by atoms with E-state index in [4.69, 9.17) is 16.3 Å². The highest BCUT2D eigenvalue weighted by molar-refractivity contribution is 6.46. The Balaban J connectivity index is 1.86. The first kappa shape index (κ1) is 20.6. The quantitative estimate of drug-likeness (QED) is 0.366. The van der Waals surface area contributed by atoms with E-state index in [1.165, 1.54) is 4.90 Å². The predicted octanol–water partition coefficient (Wildman–Crippen LogP) is 4.37. The number of rotatable bonds is 5. The van der Waals surface area contributed by atoms with Crippen LogP contribution in [-0.4, -0.2) is 33.8 Å². The van der Waals surface area contributed by atoms with Crippen LogP contribution in [0.2, 0.25) is 5.02 Å². The van der Waals surface area contributed by atoms with Gasteiger partial charge in [-0.25, -0.2) is 0 Å². The molecule has 1 aliphatic rings. The zero-order chi connectivity index (χ0) is 22.0. The van der Waals surface area contributed by atoms with Crippen LogP contribution >= 0.6 is 11.6 Å². The zero-order valence-corrected chi connectivity index (χ0v) is 17.4. The van der Waals surface area contributed by atoms with Gasteiger partial charge < -0.3 is 14.7 Å². The molecule has 1 aliphatic heterocycles. The second-order valence-corrected chi connectivity index (χ2v) is 7.51. The summed E-state index contributed by atoms with van der Waals surface area (Å²) in [6.07, 6.45) is 3.28. The zero-order valence-electron chi connectivity index (χ0n) is 16.7. The molecule has 0 spiro atoms. The number of aliphatic hydroxyl groups is 1. The highest BCUT2D eigenvalue weighted by Gasteiger charge is 2.46. The highest BCUT2D eigenvalue weighted by Crippen LogP contribution is 2.40. The Morgan fingerprint density at radius 2 is 1.90 bits per heavy atom. The third-order valence-electron chi connectivity index (χ3n) is 5.15. The number of hydrogen-bond donors (Lipinski definition) is 1. The summed E-state index contributed by atoms with van der Waals surface area (Å²) in [6, 6.07) is 16.4. The maximum Gasteiger partial charge on any atom is 0.295 e.